The molecule has 0 spiro atoms. The molecule has 21 heavy (non-hydrogen) atoms. The molecule has 9 heteroatoms. The van der Waals surface area contributed by atoms with Gasteiger partial charge in [0.15, 0.2) is 11.1 Å². The fraction of sp³-hybridized carbons (Fsp3) is 0.583. The summed E-state index contributed by atoms with van der Waals surface area (Å²) in [6, 6.07) is 2.37. The summed E-state index contributed by atoms with van der Waals surface area (Å²) in [5.41, 5.74) is -0.768. The average Bonchev–Trinajstić information content (AvgIpc) is 2.47. The van der Waals surface area contributed by atoms with Crippen LogP contribution in [0.4, 0.5) is 19.0 Å². The molecule has 1 aliphatic heterocycles. The van der Waals surface area contributed by atoms with Crippen LogP contribution in [-0.2, 0) is 26.5 Å². The van der Waals surface area contributed by atoms with Crippen LogP contribution in [0, 0.1) is 0 Å². The van der Waals surface area contributed by atoms with Crippen molar-refractivity contribution in [3.05, 3.63) is 23.9 Å². The minimum atomic E-state index is -4.38. The molecule has 0 radical (unpaired) electrons. The summed E-state index contributed by atoms with van der Waals surface area (Å²) in [5, 5.41) is -0.143. The van der Waals surface area contributed by atoms with Gasteiger partial charge in [0, 0.05) is 19.3 Å². The van der Waals surface area contributed by atoms with Crippen LogP contribution in [0.1, 0.15) is 18.4 Å². The van der Waals surface area contributed by atoms with Crippen molar-refractivity contribution in [2.45, 2.75) is 24.3 Å². The molecule has 0 bridgehead atoms. The monoisotopic (exact) mass is 324 g/mol. The molecule has 2 heterocycles. The van der Waals surface area contributed by atoms with Gasteiger partial charge >= 0.3 is 6.18 Å². The molecule has 0 aromatic carbocycles. The smallest absolute Gasteiger partial charge is 0.357 e. The highest BCUT2D eigenvalue weighted by Gasteiger charge is 2.31. The Hall–Kier alpha value is -1.19. The molecule has 1 aromatic heterocycles. The van der Waals surface area contributed by atoms with Crippen molar-refractivity contribution in [3.63, 3.8) is 0 Å². The van der Waals surface area contributed by atoms with E-state index in [1.165, 1.54) is 13.2 Å². The molecule has 1 aliphatic rings. The van der Waals surface area contributed by atoms with E-state index in [1.807, 2.05) is 4.90 Å². The van der Waals surface area contributed by atoms with E-state index in [0.29, 0.717) is 31.7 Å². The van der Waals surface area contributed by atoms with Gasteiger partial charge in [0.2, 0.25) is 0 Å². The lowest BCUT2D eigenvalue weighted by atomic mass is 10.1. The van der Waals surface area contributed by atoms with Crippen molar-refractivity contribution in [2.75, 3.05) is 25.1 Å². The Morgan fingerprint density at radius 2 is 2.00 bits per heavy atom. The van der Waals surface area contributed by atoms with Crippen molar-refractivity contribution in [1.82, 2.24) is 4.98 Å². The zero-order chi connectivity index (χ0) is 15.5. The topological polar surface area (TPSA) is 51.7 Å². The maximum Gasteiger partial charge on any atom is 0.417 e. The largest absolute Gasteiger partial charge is 0.417 e. The third kappa shape index (κ3) is 4.14. The molecule has 0 saturated carbocycles. The summed E-state index contributed by atoms with van der Waals surface area (Å²) < 4.78 is 53.6. The van der Waals surface area contributed by atoms with Crippen molar-refractivity contribution in [2.24, 2.45) is 0 Å². The molecule has 1 unspecified atom stereocenters. The predicted octanol–water partition coefficient (Wildman–Crippen LogP) is 2.31. The summed E-state index contributed by atoms with van der Waals surface area (Å²) >= 11 is -1.51. The fourth-order valence-corrected chi connectivity index (χ4v) is 2.98. The molecule has 1 atom stereocenters. The molecule has 1 fully saturated rings. The Bertz CT molecular complexity index is 488. The van der Waals surface area contributed by atoms with Gasteiger partial charge in [-0.3, -0.25) is 0 Å². The van der Waals surface area contributed by atoms with Gasteiger partial charge in [-0.15, -0.1) is 4.33 Å². The van der Waals surface area contributed by atoms with E-state index >= 15 is 0 Å². The zero-order valence-electron chi connectivity index (χ0n) is 11.3. The number of halogens is 3. The second-order valence-electron chi connectivity index (χ2n) is 4.58. The third-order valence-corrected chi connectivity index (χ3v) is 4.53. The second-order valence-corrected chi connectivity index (χ2v) is 5.91. The molecule has 2 rings (SSSR count). The standard InChI is InChI=1S/C12H15F3N2O3S/c1-19-20-21(18)10-4-6-17(7-5-10)11-3-2-9(8-16-11)12(13,14)15/h2-3,8,10H,4-7H2,1H3. The Morgan fingerprint density at radius 3 is 2.48 bits per heavy atom. The van der Waals surface area contributed by atoms with E-state index in [-0.39, 0.29) is 5.25 Å². The summed E-state index contributed by atoms with van der Waals surface area (Å²) in [4.78, 5) is 10.1. The SMILES string of the molecule is COOS(=O)C1CCN(c2ccc(C(F)(F)F)cn2)CC1. The normalized spacial score (nSPS) is 18.8. The summed E-state index contributed by atoms with van der Waals surface area (Å²) in [5.74, 6) is 0.486. The summed E-state index contributed by atoms with van der Waals surface area (Å²) in [6.07, 6.45) is -2.36. The van der Waals surface area contributed by atoms with Crippen LogP contribution in [0.2, 0.25) is 0 Å². The molecule has 0 aliphatic carbocycles. The number of piperidine rings is 1. The summed E-state index contributed by atoms with van der Waals surface area (Å²) in [6.45, 7) is 1.11. The van der Waals surface area contributed by atoms with Gasteiger partial charge in [-0.25, -0.2) is 14.1 Å². The zero-order valence-corrected chi connectivity index (χ0v) is 12.1. The molecule has 118 valence electrons. The minimum Gasteiger partial charge on any atom is -0.357 e. The molecule has 5 nitrogen and oxygen atoms in total. The highest BCUT2D eigenvalue weighted by atomic mass is 32.2. The van der Waals surface area contributed by atoms with Gasteiger partial charge in [-0.2, -0.15) is 13.2 Å². The van der Waals surface area contributed by atoms with E-state index in [1.54, 1.807) is 0 Å². The van der Waals surface area contributed by atoms with E-state index in [0.717, 1.165) is 12.3 Å². The van der Waals surface area contributed by atoms with Gasteiger partial charge in [0.05, 0.1) is 17.9 Å². The maximum absolute atomic E-state index is 12.5. The van der Waals surface area contributed by atoms with Gasteiger partial charge in [0.1, 0.15) is 5.82 Å². The summed E-state index contributed by atoms with van der Waals surface area (Å²) in [7, 11) is 1.29. The van der Waals surface area contributed by atoms with Crippen molar-refractivity contribution >= 4 is 16.9 Å². The first-order chi connectivity index (χ1) is 9.91. The molecule has 1 saturated heterocycles. The Morgan fingerprint density at radius 1 is 1.33 bits per heavy atom. The highest BCUT2D eigenvalue weighted by Crippen LogP contribution is 2.30. The van der Waals surface area contributed by atoms with Crippen LogP contribution in [0.25, 0.3) is 0 Å². The first kappa shape index (κ1) is 16.2. The van der Waals surface area contributed by atoms with Crippen molar-refractivity contribution in [3.8, 4) is 0 Å². The van der Waals surface area contributed by atoms with Gasteiger partial charge < -0.3 is 4.90 Å². The average molecular weight is 324 g/mol. The predicted molar refractivity (Wildman–Crippen MR) is 70.7 cm³/mol. The highest BCUT2D eigenvalue weighted by molar-refractivity contribution is 7.80. The Balaban J connectivity index is 1.95. The van der Waals surface area contributed by atoms with Crippen LogP contribution in [0.5, 0.6) is 0 Å². The van der Waals surface area contributed by atoms with Gasteiger partial charge in [-0.05, 0) is 25.0 Å². The number of nitrogens with zero attached hydrogens (tertiary/aromatic N) is 2. The lowest BCUT2D eigenvalue weighted by Gasteiger charge is -2.31. The van der Waals surface area contributed by atoms with Crippen molar-refractivity contribution < 1.29 is 26.6 Å². The van der Waals surface area contributed by atoms with Crippen molar-refractivity contribution in [1.29, 1.82) is 0 Å². The van der Waals surface area contributed by atoms with E-state index < -0.39 is 22.8 Å². The molecule has 0 N–H and O–H groups in total. The van der Waals surface area contributed by atoms with E-state index in [2.05, 4.69) is 14.2 Å². The second kappa shape index (κ2) is 6.71. The van der Waals surface area contributed by atoms with Crippen LogP contribution < -0.4 is 4.90 Å². The van der Waals surface area contributed by atoms with E-state index in [4.69, 9.17) is 0 Å². The number of aromatic nitrogens is 1. The third-order valence-electron chi connectivity index (χ3n) is 3.25. The number of anilines is 1. The minimum absolute atomic E-state index is 0.143. The van der Waals surface area contributed by atoms with E-state index in [9.17, 15) is 17.4 Å². The number of alkyl halides is 3. The Labute approximate surface area is 122 Å². The first-order valence-corrected chi connectivity index (χ1v) is 7.45. The molecular formula is C12H15F3N2O3S. The Kier molecular flexibility index (Phi) is 5.17. The number of rotatable bonds is 4. The quantitative estimate of drug-likeness (QED) is 0.628. The first-order valence-electron chi connectivity index (χ1n) is 6.31. The van der Waals surface area contributed by atoms with Crippen LogP contribution >= 0.6 is 0 Å². The molecule has 1 aromatic rings. The van der Waals surface area contributed by atoms with Crippen LogP contribution in [-0.4, -0.2) is 34.6 Å². The van der Waals surface area contributed by atoms with Gasteiger partial charge in [0.25, 0.3) is 0 Å². The fourth-order valence-electron chi connectivity index (χ4n) is 2.14. The molecular weight excluding hydrogens is 309 g/mol. The number of hydrogen-bond donors (Lipinski definition) is 0. The lowest BCUT2D eigenvalue weighted by Crippen LogP contribution is -2.38. The number of pyridine rings is 1. The maximum atomic E-state index is 12.5. The number of hydrogen-bond acceptors (Lipinski definition) is 5. The lowest BCUT2D eigenvalue weighted by molar-refractivity contribution is -0.167. The van der Waals surface area contributed by atoms with Crippen LogP contribution in [0.15, 0.2) is 18.3 Å². The molecule has 0 amide bonds. The van der Waals surface area contributed by atoms with Gasteiger partial charge in [-0.1, -0.05) is 0 Å². The van der Waals surface area contributed by atoms with Crippen LogP contribution in [0.3, 0.4) is 0 Å².